The average molecular weight is 869 g/mol. The van der Waals surface area contributed by atoms with Crippen LogP contribution in [0.25, 0.3) is 44.2 Å². The van der Waals surface area contributed by atoms with Gasteiger partial charge in [-0.1, -0.05) is 57.5 Å². The third kappa shape index (κ3) is 7.89. The Morgan fingerprint density at radius 3 is 2.37 bits per heavy atom. The molecule has 17 heteroatoms. The van der Waals surface area contributed by atoms with Crippen LogP contribution in [0.15, 0.2) is 42.5 Å². The lowest BCUT2D eigenvalue weighted by atomic mass is 9.92. The van der Waals surface area contributed by atoms with Crippen LogP contribution in [0.2, 0.25) is 5.15 Å². The molecule has 4 amide bonds. The Hall–Kier alpha value is -5.87. The molecule has 2 saturated heterocycles. The number of methoxy groups -OCH3 is 2. The van der Waals surface area contributed by atoms with E-state index in [1.54, 1.807) is 16.9 Å². The van der Waals surface area contributed by atoms with Crippen molar-refractivity contribution < 1.29 is 38.5 Å². The van der Waals surface area contributed by atoms with Crippen molar-refractivity contribution in [2.24, 2.45) is 17.8 Å². The maximum Gasteiger partial charge on any atom is 0.407 e. The molecule has 0 saturated carbocycles. The summed E-state index contributed by atoms with van der Waals surface area (Å²) in [5, 5.41) is 16.8. The molecule has 62 heavy (non-hydrogen) atoms. The minimum absolute atomic E-state index is 0.0555. The highest BCUT2D eigenvalue weighted by Crippen LogP contribution is 2.45. The van der Waals surface area contributed by atoms with Gasteiger partial charge in [-0.15, -0.1) is 0 Å². The number of carbonyl (C=O) groups is 4. The van der Waals surface area contributed by atoms with Crippen LogP contribution in [0.5, 0.6) is 5.75 Å². The molecule has 0 bridgehead atoms. The number of carboxylic acid groups (broad SMARTS) is 1. The van der Waals surface area contributed by atoms with Crippen molar-refractivity contribution in [2.75, 3.05) is 27.4 Å². The summed E-state index contributed by atoms with van der Waals surface area (Å²) in [5.74, 6) is 1.09. The number of imidazole rings is 2. The molecule has 0 radical (unpaired) electrons. The first kappa shape index (κ1) is 42.8. The second-order valence-corrected chi connectivity index (χ2v) is 17.8. The van der Waals surface area contributed by atoms with E-state index >= 15 is 0 Å². The number of halogens is 1. The van der Waals surface area contributed by atoms with Gasteiger partial charge in [-0.2, -0.15) is 0 Å². The van der Waals surface area contributed by atoms with E-state index in [2.05, 4.69) is 32.7 Å². The van der Waals surface area contributed by atoms with Crippen LogP contribution in [0.1, 0.15) is 83.2 Å². The molecule has 328 valence electrons. The Kier molecular flexibility index (Phi) is 11.8. The van der Waals surface area contributed by atoms with Crippen LogP contribution in [0.3, 0.4) is 0 Å². The van der Waals surface area contributed by atoms with Gasteiger partial charge in [-0.05, 0) is 78.8 Å². The molecule has 5 heterocycles. The van der Waals surface area contributed by atoms with Gasteiger partial charge >= 0.3 is 12.2 Å². The van der Waals surface area contributed by atoms with Crippen LogP contribution >= 0.6 is 11.6 Å². The first-order valence-electron chi connectivity index (χ1n) is 21.1. The molecule has 3 aliphatic rings. The van der Waals surface area contributed by atoms with Gasteiger partial charge in [-0.25, -0.2) is 19.6 Å². The summed E-state index contributed by atoms with van der Waals surface area (Å²) in [6.07, 6.45) is 0.172. The normalized spacial score (nSPS) is 20.6. The van der Waals surface area contributed by atoms with Gasteiger partial charge in [0.2, 0.25) is 11.8 Å². The van der Waals surface area contributed by atoms with Crippen molar-refractivity contribution in [3.05, 3.63) is 64.8 Å². The zero-order chi connectivity index (χ0) is 44.1. The lowest BCUT2D eigenvalue weighted by Gasteiger charge is -2.32. The Morgan fingerprint density at radius 2 is 1.66 bits per heavy atom. The van der Waals surface area contributed by atoms with Crippen molar-refractivity contribution in [3.8, 4) is 28.1 Å². The van der Waals surface area contributed by atoms with E-state index in [1.807, 2.05) is 65.0 Å². The van der Waals surface area contributed by atoms with Gasteiger partial charge in [0, 0.05) is 42.1 Å². The molecular formula is C45H53ClN8O8. The number of amides is 4. The molecule has 0 unspecified atom stereocenters. The molecule has 6 atom stereocenters. The number of alkyl carbamates (subject to hydrolysis) is 1. The zero-order valence-corrected chi connectivity index (χ0v) is 36.6. The summed E-state index contributed by atoms with van der Waals surface area (Å²) < 4.78 is 16.7. The number of hydrogen-bond donors (Lipinski definition) is 5. The first-order valence-corrected chi connectivity index (χ1v) is 21.5. The lowest BCUT2D eigenvalue weighted by Crippen LogP contribution is -2.52. The van der Waals surface area contributed by atoms with Crippen molar-refractivity contribution in [1.29, 1.82) is 0 Å². The van der Waals surface area contributed by atoms with Crippen LogP contribution in [-0.2, 0) is 25.7 Å². The fourth-order valence-electron chi connectivity index (χ4n) is 9.42. The number of hydrogen-bond acceptors (Lipinski definition) is 9. The molecule has 8 rings (SSSR count). The van der Waals surface area contributed by atoms with Gasteiger partial charge < -0.3 is 49.7 Å². The summed E-state index contributed by atoms with van der Waals surface area (Å²) >= 11 is 6.88. The quantitative estimate of drug-likeness (QED) is 0.0880. The number of benzene rings is 3. The fourth-order valence-corrected chi connectivity index (χ4v) is 9.67. The Labute approximate surface area is 364 Å². The maximum atomic E-state index is 14.0. The topological polar surface area (TPSA) is 204 Å². The smallest absolute Gasteiger partial charge is 0.407 e. The van der Waals surface area contributed by atoms with Gasteiger partial charge in [0.1, 0.15) is 46.9 Å². The summed E-state index contributed by atoms with van der Waals surface area (Å²) in [6, 6.07) is 11.7. The van der Waals surface area contributed by atoms with Crippen LogP contribution in [-0.4, -0.2) is 104 Å². The van der Waals surface area contributed by atoms with Crippen molar-refractivity contribution in [3.63, 3.8) is 0 Å². The number of likely N-dealkylation sites (tertiary alicyclic amines) is 2. The number of aromatic nitrogens is 4. The Balaban J connectivity index is 1.07. The minimum atomic E-state index is -1.23. The predicted octanol–water partition coefficient (Wildman–Crippen LogP) is 7.58. The Morgan fingerprint density at radius 1 is 0.919 bits per heavy atom. The molecule has 3 aliphatic heterocycles. The average Bonchev–Trinajstić information content (AvgIpc) is 4.05. The summed E-state index contributed by atoms with van der Waals surface area (Å²) in [4.78, 5) is 71.9. The Bertz CT molecular complexity index is 2550. The summed E-state index contributed by atoms with van der Waals surface area (Å²) in [6.45, 7) is 10.6. The van der Waals surface area contributed by atoms with Gasteiger partial charge in [0.05, 0.1) is 36.8 Å². The number of H-pyrrole nitrogens is 2. The lowest BCUT2D eigenvalue weighted by molar-refractivity contribution is -0.137. The van der Waals surface area contributed by atoms with E-state index in [4.69, 9.17) is 35.8 Å². The number of rotatable bonds is 11. The number of fused-ring (bicyclic) bond motifs is 6. The van der Waals surface area contributed by atoms with Crippen LogP contribution < -0.4 is 15.4 Å². The molecule has 0 spiro atoms. The highest BCUT2D eigenvalue weighted by Gasteiger charge is 2.43. The summed E-state index contributed by atoms with van der Waals surface area (Å²) in [7, 11) is 2.90. The molecule has 5 N–H and O–H groups in total. The van der Waals surface area contributed by atoms with Crippen molar-refractivity contribution in [1.82, 2.24) is 40.4 Å². The standard InChI is InChI=1S/C45H53ClN8O8/c1-21(2)35(51-45(59)61-7)42(55)53-18-24(19-60-6)14-33(53)41-48-37(39(46)52-41)26-9-11-28-27(15-26)20-62-34-17-29-25(16-30(28)34)10-12-31-38(29)49-40(47-31)32-13-8-23(5)54(32)43(56)36(22(3)4)50-44(57)58/h9-12,15-17,21-24,32-33,35-36,50H,8,13-14,18-20H2,1-7H3,(H,47,49)(H,48,52)(H,51,59)(H,57,58)/t23-,24-,32-,33-,35-,36-/m0/s1. The fraction of sp³-hybridized carbons (Fsp3) is 0.467. The van der Waals surface area contributed by atoms with Gasteiger partial charge in [0.15, 0.2) is 0 Å². The highest BCUT2D eigenvalue weighted by molar-refractivity contribution is 6.32. The monoisotopic (exact) mass is 868 g/mol. The van der Waals surface area contributed by atoms with E-state index in [0.717, 1.165) is 56.2 Å². The van der Waals surface area contributed by atoms with E-state index in [1.165, 1.54) is 7.11 Å². The molecule has 5 aromatic rings. The number of ether oxygens (including phenoxy) is 3. The number of nitrogens with one attached hydrogen (secondary N) is 4. The molecule has 0 aliphatic carbocycles. The second-order valence-electron chi connectivity index (χ2n) is 17.4. The SMILES string of the molecule is COC[C@H]1C[C@@H](c2nc(-c3ccc4c(c3)COc3cc5c(ccc6[nH]c([C@@H]7CC[C@H](C)N7C(=O)[C@@H](NC(=O)O)C(C)C)nc65)cc3-4)c(Cl)[nH]2)N(C(=O)[C@@H](NC(=O)OC)C(C)C)C1. The van der Waals surface area contributed by atoms with E-state index < -0.39 is 30.3 Å². The van der Waals surface area contributed by atoms with Crippen LogP contribution in [0.4, 0.5) is 9.59 Å². The molecule has 3 aromatic carbocycles. The zero-order valence-electron chi connectivity index (χ0n) is 35.9. The van der Waals surface area contributed by atoms with E-state index in [0.29, 0.717) is 55.1 Å². The van der Waals surface area contributed by atoms with Gasteiger partial charge in [-0.3, -0.25) is 9.59 Å². The first-order chi connectivity index (χ1) is 29.7. The van der Waals surface area contributed by atoms with E-state index in [9.17, 15) is 24.3 Å². The van der Waals surface area contributed by atoms with Gasteiger partial charge in [0.25, 0.3) is 0 Å². The molecule has 2 fully saturated rings. The summed E-state index contributed by atoms with van der Waals surface area (Å²) in [5.41, 5.74) is 5.85. The minimum Gasteiger partial charge on any atom is -0.488 e. The molecular weight excluding hydrogens is 816 g/mol. The third-order valence-electron chi connectivity index (χ3n) is 12.5. The number of aromatic amines is 2. The highest BCUT2D eigenvalue weighted by atomic mass is 35.5. The largest absolute Gasteiger partial charge is 0.488 e. The third-order valence-corrected chi connectivity index (χ3v) is 12.8. The second kappa shape index (κ2) is 17.1. The van der Waals surface area contributed by atoms with Crippen molar-refractivity contribution in [2.45, 2.75) is 90.7 Å². The molecule has 2 aromatic heterocycles. The maximum absolute atomic E-state index is 14.0. The predicted molar refractivity (Wildman–Crippen MR) is 233 cm³/mol. The van der Waals surface area contributed by atoms with Crippen molar-refractivity contribution >= 4 is 57.4 Å². The van der Waals surface area contributed by atoms with Crippen LogP contribution in [0, 0.1) is 17.8 Å². The number of carbonyl (C=O) groups excluding carboxylic acids is 3. The van der Waals surface area contributed by atoms with E-state index in [-0.39, 0.29) is 41.7 Å². The number of nitrogens with zero attached hydrogens (tertiary/aromatic N) is 4. The molecule has 16 nitrogen and oxygen atoms in total.